The minimum atomic E-state index is -0.969. The van der Waals surface area contributed by atoms with Crippen LogP contribution in [-0.4, -0.2) is 29.0 Å². The molecule has 0 aliphatic carbocycles. The molecule has 7 heteroatoms. The van der Waals surface area contributed by atoms with E-state index in [1.807, 2.05) is 29.2 Å². The van der Waals surface area contributed by atoms with Gasteiger partial charge in [-0.25, -0.2) is 0 Å². The lowest BCUT2D eigenvalue weighted by Crippen LogP contribution is -2.40. The summed E-state index contributed by atoms with van der Waals surface area (Å²) < 4.78 is 0. The summed E-state index contributed by atoms with van der Waals surface area (Å²) in [7, 11) is 0. The Morgan fingerprint density at radius 3 is 2.54 bits per heavy atom. The molecular formula is C21H23N5O2. The molecule has 3 heterocycles. The number of fused-ring (bicyclic) bond motifs is 1. The molecule has 2 aromatic rings. The van der Waals surface area contributed by atoms with Crippen molar-refractivity contribution in [1.29, 1.82) is 5.26 Å². The molecule has 1 aromatic carbocycles. The number of carbonyl (C=O) groups excluding carboxylic acids is 1. The predicted octanol–water partition coefficient (Wildman–Crippen LogP) is 2.55. The van der Waals surface area contributed by atoms with Gasteiger partial charge in [0.05, 0.1) is 11.6 Å². The average Bonchev–Trinajstić information content (AvgIpc) is 2.73. The standard InChI is InChI=1S/C21H23N5O2/c1-2-13-6-8-14(9-7-13)16-15(12-22)19(27)23-18-17(16)20(28)25-21(24-18)26-10-4-3-5-11-26/h6-9,15-16H,2-5,10-11H2,1H3,(H2,23,24,25,27,28). The van der Waals surface area contributed by atoms with Crippen LogP contribution in [0.15, 0.2) is 29.1 Å². The number of piperidine rings is 1. The van der Waals surface area contributed by atoms with Gasteiger partial charge in [-0.05, 0) is 36.8 Å². The molecule has 2 N–H and O–H groups in total. The second-order valence-electron chi connectivity index (χ2n) is 7.37. The molecule has 2 aliphatic heterocycles. The maximum Gasteiger partial charge on any atom is 0.258 e. The first-order valence-electron chi connectivity index (χ1n) is 9.81. The largest absolute Gasteiger partial charge is 0.342 e. The quantitative estimate of drug-likeness (QED) is 0.856. The van der Waals surface area contributed by atoms with Gasteiger partial charge in [0, 0.05) is 19.0 Å². The Morgan fingerprint density at radius 1 is 1.18 bits per heavy atom. The number of anilines is 2. The van der Waals surface area contributed by atoms with Crippen molar-refractivity contribution in [2.45, 2.75) is 38.5 Å². The van der Waals surface area contributed by atoms with Gasteiger partial charge in [-0.2, -0.15) is 10.2 Å². The van der Waals surface area contributed by atoms with Gasteiger partial charge in [0.2, 0.25) is 11.9 Å². The summed E-state index contributed by atoms with van der Waals surface area (Å²) >= 11 is 0. The number of aryl methyl sites for hydroxylation is 1. The second kappa shape index (κ2) is 7.47. The van der Waals surface area contributed by atoms with Crippen LogP contribution in [0.1, 0.15) is 48.8 Å². The number of carbonyl (C=O) groups is 1. The molecule has 0 saturated carbocycles. The number of aromatic nitrogens is 2. The van der Waals surface area contributed by atoms with E-state index in [4.69, 9.17) is 0 Å². The van der Waals surface area contributed by atoms with Crippen LogP contribution in [0.5, 0.6) is 0 Å². The molecule has 7 nitrogen and oxygen atoms in total. The third kappa shape index (κ3) is 3.15. The van der Waals surface area contributed by atoms with Gasteiger partial charge in [0.25, 0.3) is 5.56 Å². The molecule has 4 rings (SSSR count). The van der Waals surface area contributed by atoms with E-state index >= 15 is 0 Å². The van der Waals surface area contributed by atoms with E-state index < -0.39 is 17.7 Å². The molecule has 0 radical (unpaired) electrons. The number of rotatable bonds is 3. The molecule has 2 atom stereocenters. The van der Waals surface area contributed by atoms with Crippen molar-refractivity contribution < 1.29 is 4.79 Å². The summed E-state index contributed by atoms with van der Waals surface area (Å²) in [5.74, 6) is -1.26. The number of amides is 1. The Balaban J connectivity index is 1.81. The van der Waals surface area contributed by atoms with Gasteiger partial charge in [-0.15, -0.1) is 0 Å². The van der Waals surface area contributed by atoms with Crippen molar-refractivity contribution in [1.82, 2.24) is 9.97 Å². The summed E-state index contributed by atoms with van der Waals surface area (Å²) in [4.78, 5) is 35.1. The van der Waals surface area contributed by atoms with E-state index in [9.17, 15) is 14.9 Å². The van der Waals surface area contributed by atoms with Crippen LogP contribution in [-0.2, 0) is 11.2 Å². The monoisotopic (exact) mass is 377 g/mol. The first kappa shape index (κ1) is 18.2. The van der Waals surface area contributed by atoms with E-state index in [0.29, 0.717) is 11.5 Å². The Bertz CT molecular complexity index is 983. The number of hydrogen-bond donors (Lipinski definition) is 2. The fourth-order valence-corrected chi connectivity index (χ4v) is 4.08. The number of nitrogens with zero attached hydrogens (tertiary/aromatic N) is 3. The zero-order valence-corrected chi connectivity index (χ0v) is 15.9. The van der Waals surface area contributed by atoms with Gasteiger partial charge in [0.15, 0.2) is 0 Å². The smallest absolute Gasteiger partial charge is 0.258 e. The first-order valence-corrected chi connectivity index (χ1v) is 9.81. The third-order valence-corrected chi connectivity index (χ3v) is 5.65. The van der Waals surface area contributed by atoms with Gasteiger partial charge >= 0.3 is 0 Å². The topological polar surface area (TPSA) is 102 Å². The molecule has 0 bridgehead atoms. The molecule has 28 heavy (non-hydrogen) atoms. The summed E-state index contributed by atoms with van der Waals surface area (Å²) in [5.41, 5.74) is 2.00. The summed E-state index contributed by atoms with van der Waals surface area (Å²) in [6.45, 7) is 3.73. The van der Waals surface area contributed by atoms with Crippen LogP contribution < -0.4 is 15.8 Å². The van der Waals surface area contributed by atoms with Crippen LogP contribution in [0.2, 0.25) is 0 Å². The summed E-state index contributed by atoms with van der Waals surface area (Å²) in [6, 6.07) is 9.81. The van der Waals surface area contributed by atoms with Crippen LogP contribution in [0.3, 0.4) is 0 Å². The van der Waals surface area contributed by atoms with E-state index in [1.165, 1.54) is 6.42 Å². The summed E-state index contributed by atoms with van der Waals surface area (Å²) in [5, 5.41) is 12.3. The maximum absolute atomic E-state index is 13.0. The molecule has 1 amide bonds. The van der Waals surface area contributed by atoms with Crippen LogP contribution >= 0.6 is 0 Å². The maximum atomic E-state index is 13.0. The SMILES string of the molecule is CCc1ccc(C2c3c(nc(N4CCCCC4)[nH]c3=O)NC(=O)C2C#N)cc1. The normalized spacial score (nSPS) is 21.6. The zero-order chi connectivity index (χ0) is 19.7. The van der Waals surface area contributed by atoms with Crippen molar-refractivity contribution in [3.8, 4) is 6.07 Å². The number of H-pyrrole nitrogens is 1. The average molecular weight is 377 g/mol. The van der Waals surface area contributed by atoms with Gasteiger partial charge in [-0.1, -0.05) is 31.2 Å². The van der Waals surface area contributed by atoms with Crippen LogP contribution in [0, 0.1) is 17.2 Å². The highest BCUT2D eigenvalue weighted by Crippen LogP contribution is 2.38. The Morgan fingerprint density at radius 2 is 1.89 bits per heavy atom. The van der Waals surface area contributed by atoms with Gasteiger partial charge in [0.1, 0.15) is 11.7 Å². The lowest BCUT2D eigenvalue weighted by atomic mass is 9.79. The van der Waals surface area contributed by atoms with Crippen LogP contribution in [0.4, 0.5) is 11.8 Å². The Kier molecular flexibility index (Phi) is 4.86. The number of nitrogens with one attached hydrogen (secondary N) is 2. The predicted molar refractivity (Wildman–Crippen MR) is 106 cm³/mol. The fourth-order valence-electron chi connectivity index (χ4n) is 4.08. The number of nitriles is 1. The molecule has 1 aromatic heterocycles. The lowest BCUT2D eigenvalue weighted by molar-refractivity contribution is -0.119. The molecular weight excluding hydrogens is 354 g/mol. The molecule has 2 unspecified atom stereocenters. The van der Waals surface area contributed by atoms with Gasteiger partial charge < -0.3 is 10.2 Å². The highest BCUT2D eigenvalue weighted by atomic mass is 16.2. The van der Waals surface area contributed by atoms with E-state index in [2.05, 4.69) is 28.3 Å². The van der Waals surface area contributed by atoms with Crippen molar-refractivity contribution in [3.05, 3.63) is 51.3 Å². The minimum Gasteiger partial charge on any atom is -0.342 e. The first-order chi connectivity index (χ1) is 13.6. The minimum absolute atomic E-state index is 0.269. The number of benzene rings is 1. The number of aromatic amines is 1. The molecule has 1 saturated heterocycles. The van der Waals surface area contributed by atoms with Crippen molar-refractivity contribution in [2.75, 3.05) is 23.3 Å². The fraction of sp³-hybridized carbons (Fsp3) is 0.429. The highest BCUT2D eigenvalue weighted by Gasteiger charge is 2.40. The van der Waals surface area contributed by atoms with Crippen molar-refractivity contribution in [3.63, 3.8) is 0 Å². The molecule has 2 aliphatic rings. The van der Waals surface area contributed by atoms with E-state index in [0.717, 1.165) is 43.5 Å². The van der Waals surface area contributed by atoms with Crippen LogP contribution in [0.25, 0.3) is 0 Å². The van der Waals surface area contributed by atoms with Crippen molar-refractivity contribution >= 4 is 17.7 Å². The van der Waals surface area contributed by atoms with E-state index in [1.54, 1.807) is 0 Å². The highest BCUT2D eigenvalue weighted by molar-refractivity contribution is 5.97. The van der Waals surface area contributed by atoms with E-state index in [-0.39, 0.29) is 11.4 Å². The zero-order valence-electron chi connectivity index (χ0n) is 15.9. The van der Waals surface area contributed by atoms with Crippen molar-refractivity contribution in [2.24, 2.45) is 5.92 Å². The third-order valence-electron chi connectivity index (χ3n) is 5.65. The molecule has 1 fully saturated rings. The Labute approximate surface area is 163 Å². The Hall–Kier alpha value is -3.14. The lowest BCUT2D eigenvalue weighted by Gasteiger charge is -2.31. The van der Waals surface area contributed by atoms with Gasteiger partial charge in [-0.3, -0.25) is 14.6 Å². The summed E-state index contributed by atoms with van der Waals surface area (Å²) in [6.07, 6.45) is 4.17. The molecule has 0 spiro atoms. The molecule has 144 valence electrons. The second-order valence-corrected chi connectivity index (χ2v) is 7.37. The number of hydrogen-bond acceptors (Lipinski definition) is 5.